The third-order valence-electron chi connectivity index (χ3n) is 6.40. The van der Waals surface area contributed by atoms with Gasteiger partial charge in [-0.3, -0.25) is 13.5 Å². The molecule has 4 aromatic carbocycles. The monoisotopic (exact) mass is 512 g/mol. The fourth-order valence-corrected chi connectivity index (χ4v) is 6.45. The van der Waals surface area contributed by atoms with Crippen LogP contribution < -0.4 is 11.1 Å². The van der Waals surface area contributed by atoms with Crippen LogP contribution in [-0.4, -0.2) is 7.91 Å². The first-order chi connectivity index (χ1) is 17.5. The summed E-state index contributed by atoms with van der Waals surface area (Å²) in [5.41, 5.74) is 5.02. The van der Waals surface area contributed by atoms with Crippen LogP contribution >= 0.6 is 23.1 Å². The van der Waals surface area contributed by atoms with Crippen molar-refractivity contribution >= 4 is 43.2 Å². The molecule has 0 saturated heterocycles. The van der Waals surface area contributed by atoms with E-state index in [-0.39, 0.29) is 16.9 Å². The van der Waals surface area contributed by atoms with Crippen LogP contribution in [-0.2, 0) is 13.0 Å². The standard InChI is InChI=1S/C29H21FN2O2S2/c1-18-14-23(32-29(34)24-4-2-3-5-26(24)36-32)12-9-21(18)15-20-8-13-27-25(16-20)28(33)31(35-27)17-19-6-10-22(30)11-7-19/h2-14,16H,15,17H2,1H3. The Morgan fingerprint density at radius 1 is 0.750 bits per heavy atom. The van der Waals surface area contributed by atoms with Gasteiger partial charge in [-0.2, -0.15) is 0 Å². The van der Waals surface area contributed by atoms with Gasteiger partial charge in [-0.05, 0) is 84.1 Å². The number of fused-ring (bicyclic) bond motifs is 2. The molecule has 0 aliphatic carbocycles. The Morgan fingerprint density at radius 3 is 2.28 bits per heavy atom. The Morgan fingerprint density at radius 2 is 1.50 bits per heavy atom. The molecule has 4 nitrogen and oxygen atoms in total. The molecule has 2 aromatic heterocycles. The third kappa shape index (κ3) is 4.10. The average molecular weight is 513 g/mol. The smallest absolute Gasteiger partial charge is 0.268 e. The number of aryl methyl sites for hydroxylation is 1. The van der Waals surface area contributed by atoms with Gasteiger partial charge in [0.2, 0.25) is 0 Å². The predicted octanol–water partition coefficient (Wildman–Crippen LogP) is 6.52. The zero-order valence-electron chi connectivity index (χ0n) is 19.4. The second-order valence-corrected chi connectivity index (χ2v) is 10.9. The van der Waals surface area contributed by atoms with Crippen molar-refractivity contribution in [3.05, 3.63) is 134 Å². The summed E-state index contributed by atoms with van der Waals surface area (Å²) in [5, 5.41) is 1.43. The minimum absolute atomic E-state index is 0.00239. The van der Waals surface area contributed by atoms with E-state index < -0.39 is 0 Å². The van der Waals surface area contributed by atoms with E-state index in [0.29, 0.717) is 18.4 Å². The Bertz CT molecular complexity index is 1860. The van der Waals surface area contributed by atoms with E-state index in [1.807, 2.05) is 48.5 Å². The lowest BCUT2D eigenvalue weighted by molar-refractivity contribution is 0.626. The lowest BCUT2D eigenvalue weighted by atomic mass is 9.99. The van der Waals surface area contributed by atoms with Gasteiger partial charge in [0.05, 0.1) is 32.4 Å². The SMILES string of the molecule is Cc1cc(-n2sc3ccccc3c2=O)ccc1Cc1ccc2sn(Cc3ccc(F)cc3)c(=O)c2c1. The Labute approximate surface area is 214 Å². The summed E-state index contributed by atoms with van der Waals surface area (Å²) in [5.74, 6) is -0.286. The topological polar surface area (TPSA) is 44.0 Å². The molecular formula is C29H21FN2O2S2. The van der Waals surface area contributed by atoms with Crippen LogP contribution in [0.1, 0.15) is 22.3 Å². The first-order valence-corrected chi connectivity index (χ1v) is 13.1. The van der Waals surface area contributed by atoms with Gasteiger partial charge >= 0.3 is 0 Å². The lowest BCUT2D eigenvalue weighted by Crippen LogP contribution is -2.13. The molecule has 7 heteroatoms. The van der Waals surface area contributed by atoms with Gasteiger partial charge in [0, 0.05) is 0 Å². The summed E-state index contributed by atoms with van der Waals surface area (Å²) < 4.78 is 18.6. The highest BCUT2D eigenvalue weighted by molar-refractivity contribution is 7.14. The van der Waals surface area contributed by atoms with Crippen LogP contribution in [0.25, 0.3) is 25.9 Å². The van der Waals surface area contributed by atoms with Gasteiger partial charge in [-0.25, -0.2) is 8.35 Å². The van der Waals surface area contributed by atoms with Crippen molar-refractivity contribution in [2.45, 2.75) is 19.9 Å². The Hall–Kier alpha value is -3.81. The molecule has 178 valence electrons. The number of aromatic nitrogens is 2. The van der Waals surface area contributed by atoms with Gasteiger partial charge in [0.25, 0.3) is 11.1 Å². The lowest BCUT2D eigenvalue weighted by Gasteiger charge is -2.09. The third-order valence-corrected chi connectivity index (χ3v) is 8.58. The summed E-state index contributed by atoms with van der Waals surface area (Å²) in [6.45, 7) is 2.47. The van der Waals surface area contributed by atoms with Crippen LogP contribution in [0.15, 0.2) is 94.5 Å². The molecule has 0 unspecified atom stereocenters. The first-order valence-electron chi connectivity index (χ1n) is 11.5. The van der Waals surface area contributed by atoms with E-state index in [9.17, 15) is 14.0 Å². The van der Waals surface area contributed by atoms with Gasteiger partial charge in [0.1, 0.15) is 5.82 Å². The van der Waals surface area contributed by atoms with E-state index in [1.165, 1.54) is 35.2 Å². The quantitative estimate of drug-likeness (QED) is 0.264. The molecule has 6 aromatic rings. The van der Waals surface area contributed by atoms with Crippen LogP contribution in [0.5, 0.6) is 0 Å². The maximum atomic E-state index is 13.2. The summed E-state index contributed by atoms with van der Waals surface area (Å²) >= 11 is 2.87. The molecule has 36 heavy (non-hydrogen) atoms. The molecular weight excluding hydrogens is 491 g/mol. The van der Waals surface area contributed by atoms with Crippen LogP contribution in [0.4, 0.5) is 4.39 Å². The highest BCUT2D eigenvalue weighted by atomic mass is 32.1. The first kappa shape index (κ1) is 22.6. The van der Waals surface area contributed by atoms with Crippen molar-refractivity contribution < 1.29 is 4.39 Å². The van der Waals surface area contributed by atoms with Crippen LogP contribution in [0.2, 0.25) is 0 Å². The number of benzene rings is 4. The molecule has 2 heterocycles. The largest absolute Gasteiger partial charge is 0.273 e. The highest BCUT2D eigenvalue weighted by Crippen LogP contribution is 2.25. The number of nitrogens with zero attached hydrogens (tertiary/aromatic N) is 2. The summed E-state index contributed by atoms with van der Waals surface area (Å²) in [6.07, 6.45) is 0.691. The summed E-state index contributed by atoms with van der Waals surface area (Å²) in [6, 6.07) is 26.0. The van der Waals surface area contributed by atoms with Crippen molar-refractivity contribution in [1.29, 1.82) is 0 Å². The summed E-state index contributed by atoms with van der Waals surface area (Å²) in [7, 11) is 0. The number of hydrogen-bond donors (Lipinski definition) is 0. The minimum Gasteiger partial charge on any atom is -0.268 e. The molecule has 0 aliphatic rings. The zero-order valence-corrected chi connectivity index (χ0v) is 21.0. The fraction of sp³-hybridized carbons (Fsp3) is 0.103. The zero-order chi connectivity index (χ0) is 24.8. The molecule has 0 atom stereocenters. The predicted molar refractivity (Wildman–Crippen MR) is 147 cm³/mol. The normalized spacial score (nSPS) is 11.5. The molecule has 0 N–H and O–H groups in total. The van der Waals surface area contributed by atoms with E-state index >= 15 is 0 Å². The Balaban J connectivity index is 1.28. The fourth-order valence-electron chi connectivity index (χ4n) is 4.45. The second kappa shape index (κ2) is 9.00. The number of rotatable bonds is 5. The van der Waals surface area contributed by atoms with E-state index in [2.05, 4.69) is 19.1 Å². The van der Waals surface area contributed by atoms with E-state index in [4.69, 9.17) is 0 Å². The molecule has 0 bridgehead atoms. The van der Waals surface area contributed by atoms with Gasteiger partial charge in [-0.15, -0.1) is 0 Å². The second-order valence-electron chi connectivity index (χ2n) is 8.86. The molecule has 0 radical (unpaired) electrons. The van der Waals surface area contributed by atoms with Gasteiger partial charge < -0.3 is 0 Å². The van der Waals surface area contributed by atoms with E-state index in [1.54, 1.807) is 20.0 Å². The molecule has 0 amide bonds. The molecule has 0 spiro atoms. The number of hydrogen-bond acceptors (Lipinski definition) is 4. The highest BCUT2D eigenvalue weighted by Gasteiger charge is 2.12. The summed E-state index contributed by atoms with van der Waals surface area (Å²) in [4.78, 5) is 25.9. The van der Waals surface area contributed by atoms with Crippen molar-refractivity contribution in [3.8, 4) is 5.69 Å². The number of halogens is 1. The average Bonchev–Trinajstić information content (AvgIpc) is 3.38. The molecule has 0 aliphatic heterocycles. The maximum absolute atomic E-state index is 13.2. The minimum atomic E-state index is -0.286. The van der Waals surface area contributed by atoms with Gasteiger partial charge in [-0.1, -0.05) is 59.5 Å². The Kier molecular flexibility index (Phi) is 5.66. The van der Waals surface area contributed by atoms with Crippen molar-refractivity contribution in [1.82, 2.24) is 7.91 Å². The molecule has 0 fully saturated rings. The molecule has 0 saturated carbocycles. The maximum Gasteiger partial charge on any atom is 0.273 e. The van der Waals surface area contributed by atoms with Crippen molar-refractivity contribution in [3.63, 3.8) is 0 Å². The van der Waals surface area contributed by atoms with Crippen molar-refractivity contribution in [2.24, 2.45) is 0 Å². The van der Waals surface area contributed by atoms with Crippen molar-refractivity contribution in [2.75, 3.05) is 0 Å². The molecule has 6 rings (SSSR count). The van der Waals surface area contributed by atoms with Gasteiger partial charge in [0.15, 0.2) is 0 Å². The van der Waals surface area contributed by atoms with Crippen LogP contribution in [0.3, 0.4) is 0 Å². The van der Waals surface area contributed by atoms with Crippen LogP contribution in [0, 0.1) is 12.7 Å². The van der Waals surface area contributed by atoms with E-state index in [0.717, 1.165) is 42.7 Å².